The highest BCUT2D eigenvalue weighted by Gasteiger charge is 2.33. The van der Waals surface area contributed by atoms with Crippen molar-refractivity contribution in [2.75, 3.05) is 36.7 Å². The highest BCUT2D eigenvalue weighted by Crippen LogP contribution is 2.32. The number of aromatic nitrogens is 1. The second kappa shape index (κ2) is 9.91. The van der Waals surface area contributed by atoms with E-state index in [-0.39, 0.29) is 12.7 Å². The van der Waals surface area contributed by atoms with E-state index in [0.29, 0.717) is 38.4 Å². The quantitative estimate of drug-likeness (QED) is 0.598. The van der Waals surface area contributed by atoms with E-state index in [2.05, 4.69) is 9.72 Å². The van der Waals surface area contributed by atoms with E-state index in [0.717, 1.165) is 18.3 Å². The Morgan fingerprint density at radius 1 is 1.18 bits per heavy atom. The Kier molecular flexibility index (Phi) is 7.42. The minimum atomic E-state index is -5.08. The summed E-state index contributed by atoms with van der Waals surface area (Å²) in [6.07, 6.45) is -3.95. The van der Waals surface area contributed by atoms with Crippen LogP contribution in [0.25, 0.3) is 0 Å². The van der Waals surface area contributed by atoms with Crippen LogP contribution >= 0.6 is 0 Å². The third-order valence-electron chi connectivity index (χ3n) is 4.93. The zero-order valence-corrected chi connectivity index (χ0v) is 18.4. The third kappa shape index (κ3) is 7.02. The van der Waals surface area contributed by atoms with Crippen LogP contribution < -0.4 is 9.46 Å². The number of amides is 1. The zero-order chi connectivity index (χ0) is 24.2. The Labute approximate surface area is 189 Å². The van der Waals surface area contributed by atoms with E-state index in [9.17, 15) is 30.8 Å². The average Bonchev–Trinajstić information content (AvgIpc) is 2.75. The molecule has 0 radical (unpaired) electrons. The summed E-state index contributed by atoms with van der Waals surface area (Å²) in [5.74, 6) is -2.11. The molecule has 2 heterocycles. The van der Waals surface area contributed by atoms with Crippen molar-refractivity contribution in [3.05, 3.63) is 53.6 Å². The van der Waals surface area contributed by atoms with E-state index in [1.807, 2.05) is 9.62 Å². The van der Waals surface area contributed by atoms with Crippen molar-refractivity contribution in [1.29, 1.82) is 0 Å². The summed E-state index contributed by atoms with van der Waals surface area (Å²) in [5, 5.41) is 0. The Balaban J connectivity index is 0.00000408. The van der Waals surface area contributed by atoms with Crippen molar-refractivity contribution in [2.45, 2.75) is 19.8 Å². The number of hydrogen-bond acceptors (Lipinski definition) is 6. The lowest BCUT2D eigenvalue weighted by molar-refractivity contribution is -0.274. The Morgan fingerprint density at radius 2 is 1.88 bits per heavy atom. The van der Waals surface area contributed by atoms with Crippen LogP contribution in [0.4, 0.5) is 23.2 Å². The van der Waals surface area contributed by atoms with Crippen LogP contribution in [0.1, 0.15) is 24.4 Å². The first-order valence-electron chi connectivity index (χ1n) is 9.98. The number of carbonyl (C=O) groups is 1. The lowest BCUT2D eigenvalue weighted by Crippen LogP contribution is -2.48. The van der Waals surface area contributed by atoms with Gasteiger partial charge in [0, 0.05) is 39.7 Å². The molecule has 0 unspecified atom stereocenters. The smallest absolute Gasteiger partial charge is 0.404 e. The topological polar surface area (TPSA) is 91.8 Å². The molecule has 0 saturated carbocycles. The van der Waals surface area contributed by atoms with Crippen LogP contribution in [0.3, 0.4) is 0 Å². The summed E-state index contributed by atoms with van der Waals surface area (Å²) in [6, 6.07) is 6.07. The molecule has 1 N–H and O–H groups in total. The highest BCUT2D eigenvalue weighted by atomic mass is 32.2. The maximum Gasteiger partial charge on any atom is 0.573 e. The number of sulfonamides is 1. The molecule has 1 aliphatic heterocycles. The average molecular weight is 492 g/mol. The van der Waals surface area contributed by atoms with Gasteiger partial charge < -0.3 is 9.64 Å². The number of ether oxygens (including phenoxy) is 1. The normalized spacial score (nSPS) is 15.4. The fourth-order valence-electron chi connectivity index (χ4n) is 3.21. The van der Waals surface area contributed by atoms with Gasteiger partial charge in [0.15, 0.2) is 5.75 Å². The van der Waals surface area contributed by atoms with Gasteiger partial charge in [-0.05, 0) is 37.3 Å². The SMILES string of the molecule is CCS(=O)(=O)Nc1ccc(C(=O)N2CCN(Cc3ccc(F)cn3)CC2)cc1OC(F)(F)F.[HH]. The van der Waals surface area contributed by atoms with Crippen LogP contribution in [0.15, 0.2) is 36.5 Å². The number of alkyl halides is 3. The number of pyridine rings is 1. The van der Waals surface area contributed by atoms with Crippen LogP contribution in [-0.2, 0) is 16.6 Å². The number of hydrogen-bond donors (Lipinski definition) is 1. The summed E-state index contributed by atoms with van der Waals surface area (Å²) in [7, 11) is -3.86. The predicted molar refractivity (Wildman–Crippen MR) is 114 cm³/mol. The molecule has 1 amide bonds. The Morgan fingerprint density at radius 3 is 2.45 bits per heavy atom. The fraction of sp³-hybridized carbons (Fsp3) is 0.400. The van der Waals surface area contributed by atoms with Gasteiger partial charge in [0.1, 0.15) is 5.82 Å². The van der Waals surface area contributed by atoms with Crippen molar-refractivity contribution in [3.8, 4) is 5.75 Å². The molecule has 1 aromatic heterocycles. The number of benzene rings is 1. The number of halogens is 4. The monoisotopic (exact) mass is 492 g/mol. The lowest BCUT2D eigenvalue weighted by atomic mass is 10.1. The summed E-state index contributed by atoms with van der Waals surface area (Å²) < 4.78 is 81.0. The second-order valence-electron chi connectivity index (χ2n) is 7.30. The van der Waals surface area contributed by atoms with Crippen molar-refractivity contribution in [2.24, 2.45) is 0 Å². The number of anilines is 1. The number of rotatable bonds is 7. The molecule has 182 valence electrons. The summed E-state index contributed by atoms with van der Waals surface area (Å²) in [5.41, 5.74) is 0.194. The summed E-state index contributed by atoms with van der Waals surface area (Å²) in [6.45, 7) is 3.42. The van der Waals surface area contributed by atoms with Gasteiger partial charge in [-0.25, -0.2) is 12.8 Å². The lowest BCUT2D eigenvalue weighted by Gasteiger charge is -2.34. The van der Waals surface area contributed by atoms with Crippen LogP contribution in [-0.4, -0.2) is 67.4 Å². The van der Waals surface area contributed by atoms with Crippen molar-refractivity contribution in [1.82, 2.24) is 14.8 Å². The van der Waals surface area contributed by atoms with Crippen LogP contribution in [0.5, 0.6) is 5.75 Å². The van der Waals surface area contributed by atoms with E-state index in [1.54, 1.807) is 6.07 Å². The molecular weight excluding hydrogens is 468 g/mol. The van der Waals surface area contributed by atoms with Gasteiger partial charge in [-0.15, -0.1) is 13.2 Å². The van der Waals surface area contributed by atoms with E-state index >= 15 is 0 Å². The molecule has 0 spiro atoms. The maximum atomic E-state index is 13.0. The minimum absolute atomic E-state index is 0. The van der Waals surface area contributed by atoms with Crippen LogP contribution in [0.2, 0.25) is 0 Å². The predicted octanol–water partition coefficient (Wildman–Crippen LogP) is 3.08. The van der Waals surface area contributed by atoms with Gasteiger partial charge in [0.05, 0.1) is 23.3 Å². The van der Waals surface area contributed by atoms with Gasteiger partial charge >= 0.3 is 6.36 Å². The molecule has 8 nitrogen and oxygen atoms in total. The fourth-order valence-corrected chi connectivity index (χ4v) is 3.86. The first-order valence-corrected chi connectivity index (χ1v) is 11.6. The first kappa shape index (κ1) is 24.7. The maximum absolute atomic E-state index is 13.0. The molecule has 2 aromatic rings. The number of nitrogens with one attached hydrogen (secondary N) is 1. The summed E-state index contributed by atoms with van der Waals surface area (Å²) in [4.78, 5) is 20.4. The molecule has 0 atom stereocenters. The molecule has 1 fully saturated rings. The number of nitrogens with zero attached hydrogens (tertiary/aromatic N) is 3. The van der Waals surface area contributed by atoms with Gasteiger partial charge in [0.2, 0.25) is 10.0 Å². The van der Waals surface area contributed by atoms with Crippen LogP contribution in [0, 0.1) is 5.82 Å². The molecule has 13 heteroatoms. The summed E-state index contributed by atoms with van der Waals surface area (Å²) >= 11 is 0. The molecular formula is C20H24F4N4O4S. The van der Waals surface area contributed by atoms with Gasteiger partial charge in [-0.2, -0.15) is 0 Å². The Bertz CT molecular complexity index is 1090. The minimum Gasteiger partial charge on any atom is -0.404 e. The Hall–Kier alpha value is -2.93. The second-order valence-corrected chi connectivity index (χ2v) is 9.31. The molecule has 33 heavy (non-hydrogen) atoms. The third-order valence-corrected chi connectivity index (χ3v) is 6.22. The molecule has 0 aliphatic carbocycles. The molecule has 1 aliphatic rings. The van der Waals surface area contributed by atoms with Gasteiger partial charge in [-0.1, -0.05) is 0 Å². The van der Waals surface area contributed by atoms with Crippen molar-refractivity contribution in [3.63, 3.8) is 0 Å². The zero-order valence-electron chi connectivity index (χ0n) is 17.6. The molecule has 0 bridgehead atoms. The molecule has 3 rings (SSSR count). The van der Waals surface area contributed by atoms with E-state index < -0.39 is 39.5 Å². The highest BCUT2D eigenvalue weighted by molar-refractivity contribution is 7.92. The van der Waals surface area contributed by atoms with Gasteiger partial charge in [0.25, 0.3) is 5.91 Å². The number of carbonyl (C=O) groups excluding carboxylic acids is 1. The van der Waals surface area contributed by atoms with E-state index in [4.69, 9.17) is 0 Å². The van der Waals surface area contributed by atoms with Crippen molar-refractivity contribution >= 4 is 21.6 Å². The van der Waals surface area contributed by atoms with E-state index in [1.165, 1.54) is 24.0 Å². The number of piperazine rings is 1. The molecule has 1 aromatic carbocycles. The first-order chi connectivity index (χ1) is 15.5. The largest absolute Gasteiger partial charge is 0.573 e. The molecule has 1 saturated heterocycles. The standard InChI is InChI=1S/C20H22F4N4O4S.H2/c1-2-33(30,31)26-17-6-3-14(11-18(17)32-20(22,23)24)19(29)28-9-7-27(8-10-28)13-16-5-4-15(21)12-25-16;/h3-6,11-12,26H,2,7-10,13H2,1H3;1H. The van der Waals surface area contributed by atoms with Crippen molar-refractivity contribution < 1.29 is 36.9 Å². The van der Waals surface area contributed by atoms with Gasteiger partial charge in [-0.3, -0.25) is 19.4 Å².